The second-order valence-corrected chi connectivity index (χ2v) is 12.1. The van der Waals surface area contributed by atoms with Crippen molar-refractivity contribution in [3.8, 4) is 22.8 Å². The summed E-state index contributed by atoms with van der Waals surface area (Å²) in [5.41, 5.74) is 2.77. The Balaban J connectivity index is 1.40. The Morgan fingerprint density at radius 2 is 1.83 bits per heavy atom. The Labute approximate surface area is 278 Å². The number of aromatic nitrogens is 1. The molecule has 1 aliphatic heterocycles. The summed E-state index contributed by atoms with van der Waals surface area (Å²) in [4.78, 5) is 32.4. The second-order valence-electron chi connectivity index (χ2n) is 10.3. The second kappa shape index (κ2) is 13.4. The number of methoxy groups -OCH3 is 1. The number of esters is 1. The van der Waals surface area contributed by atoms with Crippen LogP contribution in [0.3, 0.4) is 0 Å². The molecule has 2 aromatic heterocycles. The molecular formula is C35H28Cl2N2O6S. The van der Waals surface area contributed by atoms with Crippen molar-refractivity contribution in [2.45, 2.75) is 26.5 Å². The molecule has 0 unspecified atom stereocenters. The smallest absolute Gasteiger partial charge is 0.338 e. The fourth-order valence-electron chi connectivity index (χ4n) is 5.14. The molecule has 3 aromatic carbocycles. The molecule has 0 saturated heterocycles. The van der Waals surface area contributed by atoms with E-state index in [1.807, 2.05) is 42.5 Å². The topological polar surface area (TPSA) is 92.3 Å². The van der Waals surface area contributed by atoms with Crippen molar-refractivity contribution in [3.63, 3.8) is 0 Å². The average Bonchev–Trinajstić information content (AvgIpc) is 3.66. The molecule has 0 amide bonds. The van der Waals surface area contributed by atoms with E-state index in [-0.39, 0.29) is 17.7 Å². The Bertz CT molecular complexity index is 2150. The van der Waals surface area contributed by atoms with Crippen LogP contribution in [0.25, 0.3) is 17.4 Å². The lowest BCUT2D eigenvalue weighted by Gasteiger charge is -2.22. The van der Waals surface area contributed by atoms with Crippen molar-refractivity contribution >= 4 is 46.6 Å². The van der Waals surface area contributed by atoms with Crippen LogP contribution in [-0.4, -0.2) is 24.3 Å². The molecule has 0 aliphatic carbocycles. The first-order chi connectivity index (χ1) is 22.3. The van der Waals surface area contributed by atoms with Crippen LogP contribution in [0.1, 0.15) is 36.8 Å². The summed E-state index contributed by atoms with van der Waals surface area (Å²) in [6, 6.07) is 23.0. The number of ether oxygens (including phenoxy) is 3. The third-order valence-corrected chi connectivity index (χ3v) is 9.06. The van der Waals surface area contributed by atoms with Gasteiger partial charge in [-0.1, -0.05) is 70.9 Å². The highest BCUT2D eigenvalue weighted by atomic mass is 35.5. The van der Waals surface area contributed by atoms with Gasteiger partial charge >= 0.3 is 5.97 Å². The van der Waals surface area contributed by atoms with Gasteiger partial charge in [-0.2, -0.15) is 0 Å². The number of fused-ring (bicyclic) bond motifs is 1. The minimum atomic E-state index is -0.905. The number of rotatable bonds is 9. The number of nitrogens with zero attached hydrogens (tertiary/aromatic N) is 2. The molecule has 0 spiro atoms. The normalized spacial score (nSPS) is 14.5. The number of furan rings is 1. The van der Waals surface area contributed by atoms with Gasteiger partial charge in [0.15, 0.2) is 16.3 Å². The first-order valence-electron chi connectivity index (χ1n) is 14.4. The summed E-state index contributed by atoms with van der Waals surface area (Å²) in [6.07, 6.45) is 1.76. The van der Waals surface area contributed by atoms with E-state index >= 15 is 0 Å². The van der Waals surface area contributed by atoms with Gasteiger partial charge in [0.1, 0.15) is 24.2 Å². The van der Waals surface area contributed by atoms with Gasteiger partial charge in [-0.05, 0) is 73.5 Å². The lowest BCUT2D eigenvalue weighted by Crippen LogP contribution is -2.39. The number of carbonyl (C=O) groups excluding carboxylic acids is 1. The molecule has 1 atom stereocenters. The van der Waals surface area contributed by atoms with Gasteiger partial charge in [0.25, 0.3) is 5.56 Å². The number of allylic oxidation sites excluding steroid dienone is 1. The molecule has 6 rings (SSSR count). The third kappa shape index (κ3) is 6.26. The first kappa shape index (κ1) is 31.4. The molecule has 46 heavy (non-hydrogen) atoms. The highest BCUT2D eigenvalue weighted by molar-refractivity contribution is 7.07. The van der Waals surface area contributed by atoms with Crippen molar-refractivity contribution in [1.82, 2.24) is 4.57 Å². The fourth-order valence-corrected chi connectivity index (χ4v) is 6.49. The Hall–Kier alpha value is -4.57. The zero-order chi connectivity index (χ0) is 32.4. The number of hydrogen-bond acceptors (Lipinski definition) is 8. The van der Waals surface area contributed by atoms with Crippen molar-refractivity contribution in [3.05, 3.63) is 137 Å². The number of carbonyl (C=O) groups is 1. The maximum atomic E-state index is 14.1. The highest BCUT2D eigenvalue weighted by Crippen LogP contribution is 2.36. The summed E-state index contributed by atoms with van der Waals surface area (Å²) in [5, 5.41) is 0.792. The molecular weight excluding hydrogens is 647 g/mol. The summed E-state index contributed by atoms with van der Waals surface area (Å²) in [6.45, 7) is 3.99. The van der Waals surface area contributed by atoms with Crippen LogP contribution in [0, 0.1) is 0 Å². The monoisotopic (exact) mass is 674 g/mol. The van der Waals surface area contributed by atoms with Gasteiger partial charge in [0, 0.05) is 5.56 Å². The standard InChI is InChI=1S/C35H28Cl2N2O6S/c1-4-43-34(41)31-20(2)38-35-39(32(31)28-15-14-26(45-28)23-11-12-24(36)25(37)18-23)33(40)30(46-35)17-22-10-13-27(29(16-22)42-3)44-19-21-8-6-5-7-9-21/h5-18,32H,4,19H2,1-3H3/b30-17-/t32-/m1/s1. The van der Waals surface area contributed by atoms with Crippen LogP contribution in [0.4, 0.5) is 0 Å². The molecule has 8 nitrogen and oxygen atoms in total. The van der Waals surface area contributed by atoms with Gasteiger partial charge in [-0.3, -0.25) is 9.36 Å². The predicted octanol–water partition coefficient (Wildman–Crippen LogP) is 6.95. The van der Waals surface area contributed by atoms with E-state index in [2.05, 4.69) is 4.99 Å². The molecule has 11 heteroatoms. The Morgan fingerprint density at radius 1 is 1.02 bits per heavy atom. The minimum Gasteiger partial charge on any atom is -0.493 e. The molecule has 0 saturated carbocycles. The summed E-state index contributed by atoms with van der Waals surface area (Å²) in [5.74, 6) is 1.39. The van der Waals surface area contributed by atoms with Crippen LogP contribution < -0.4 is 24.4 Å². The molecule has 234 valence electrons. The van der Waals surface area contributed by atoms with Crippen LogP contribution in [0.5, 0.6) is 11.5 Å². The number of benzene rings is 3. The lowest BCUT2D eigenvalue weighted by atomic mass is 10.0. The minimum absolute atomic E-state index is 0.159. The molecule has 5 aromatic rings. The molecule has 0 N–H and O–H groups in total. The van der Waals surface area contributed by atoms with Gasteiger partial charge < -0.3 is 18.6 Å². The van der Waals surface area contributed by atoms with Crippen LogP contribution >= 0.6 is 34.5 Å². The van der Waals surface area contributed by atoms with Gasteiger partial charge in [-0.25, -0.2) is 9.79 Å². The number of hydrogen-bond donors (Lipinski definition) is 0. The first-order valence-corrected chi connectivity index (χ1v) is 15.9. The number of halogens is 2. The molecule has 1 aliphatic rings. The molecule has 0 fully saturated rings. The third-order valence-electron chi connectivity index (χ3n) is 7.34. The maximum Gasteiger partial charge on any atom is 0.338 e. The molecule has 3 heterocycles. The largest absolute Gasteiger partial charge is 0.493 e. The van der Waals surface area contributed by atoms with Gasteiger partial charge in [-0.15, -0.1) is 0 Å². The zero-order valence-electron chi connectivity index (χ0n) is 25.1. The SMILES string of the molecule is CCOC(=O)C1=C(C)N=c2s/c(=C\c3ccc(OCc4ccccc4)c(OC)c3)c(=O)n2[C@@H]1c1ccc(-c2ccc(Cl)c(Cl)c2)o1. The number of thiazole rings is 1. The van der Waals surface area contributed by atoms with Gasteiger partial charge in [0.2, 0.25) is 0 Å². The van der Waals surface area contributed by atoms with Crippen molar-refractivity contribution in [2.75, 3.05) is 13.7 Å². The fraction of sp³-hybridized carbons (Fsp3) is 0.171. The Kier molecular flexibility index (Phi) is 9.17. The molecule has 0 bridgehead atoms. The lowest BCUT2D eigenvalue weighted by molar-refractivity contribution is -0.139. The van der Waals surface area contributed by atoms with E-state index in [9.17, 15) is 9.59 Å². The van der Waals surface area contributed by atoms with Crippen LogP contribution in [0.2, 0.25) is 10.0 Å². The van der Waals surface area contributed by atoms with E-state index < -0.39 is 12.0 Å². The Morgan fingerprint density at radius 3 is 2.57 bits per heavy atom. The predicted molar refractivity (Wildman–Crippen MR) is 178 cm³/mol. The maximum absolute atomic E-state index is 14.1. The van der Waals surface area contributed by atoms with Crippen molar-refractivity contribution in [1.29, 1.82) is 0 Å². The van der Waals surface area contributed by atoms with E-state index in [0.29, 0.717) is 60.3 Å². The molecule has 0 radical (unpaired) electrons. The van der Waals surface area contributed by atoms with E-state index in [0.717, 1.165) is 11.1 Å². The quantitative estimate of drug-likeness (QED) is 0.157. The summed E-state index contributed by atoms with van der Waals surface area (Å²) in [7, 11) is 1.57. The van der Waals surface area contributed by atoms with Crippen LogP contribution in [0.15, 0.2) is 104 Å². The van der Waals surface area contributed by atoms with E-state index in [1.165, 1.54) is 15.9 Å². The average molecular weight is 676 g/mol. The van der Waals surface area contributed by atoms with E-state index in [4.69, 9.17) is 41.8 Å². The van der Waals surface area contributed by atoms with Crippen molar-refractivity contribution < 1.29 is 23.4 Å². The van der Waals surface area contributed by atoms with Crippen molar-refractivity contribution in [2.24, 2.45) is 4.99 Å². The zero-order valence-corrected chi connectivity index (χ0v) is 27.4. The van der Waals surface area contributed by atoms with Crippen LogP contribution in [-0.2, 0) is 16.1 Å². The summed E-state index contributed by atoms with van der Waals surface area (Å²) >= 11 is 13.6. The summed E-state index contributed by atoms with van der Waals surface area (Å²) < 4.78 is 25.1. The highest BCUT2D eigenvalue weighted by Gasteiger charge is 2.35. The van der Waals surface area contributed by atoms with E-state index in [1.54, 1.807) is 63.4 Å². The van der Waals surface area contributed by atoms with Gasteiger partial charge in [0.05, 0.1) is 39.6 Å².